The molecule has 0 saturated carbocycles. The molecular weight excluding hydrogens is 294 g/mol. The van der Waals surface area contributed by atoms with Gasteiger partial charge in [0.1, 0.15) is 4.88 Å². The van der Waals surface area contributed by atoms with Crippen molar-refractivity contribution in [3.05, 3.63) is 34.7 Å². The monoisotopic (exact) mass is 311 g/mol. The van der Waals surface area contributed by atoms with Gasteiger partial charge in [-0.15, -0.1) is 11.3 Å². The number of thiophene rings is 1. The first-order chi connectivity index (χ1) is 9.59. The minimum Gasteiger partial charge on any atom is -0.477 e. The van der Waals surface area contributed by atoms with Gasteiger partial charge in [-0.05, 0) is 30.0 Å². The van der Waals surface area contributed by atoms with Gasteiger partial charge in [0.05, 0.1) is 0 Å². The molecule has 0 bridgehead atoms. The summed E-state index contributed by atoms with van der Waals surface area (Å²) in [6, 6.07) is 7.73. The summed E-state index contributed by atoms with van der Waals surface area (Å²) in [7, 11) is -0.772. The van der Waals surface area contributed by atoms with Gasteiger partial charge in [0.2, 0.25) is 0 Å². The third-order valence-corrected chi connectivity index (χ3v) is 5.04. The van der Waals surface area contributed by atoms with E-state index in [1.165, 1.54) is 11.3 Å². The van der Waals surface area contributed by atoms with Gasteiger partial charge in [-0.1, -0.05) is 18.2 Å². The number of nitrogens with one attached hydrogen (secondary N) is 1. The first kappa shape index (κ1) is 15.2. The number of aromatic carboxylic acids is 1. The van der Waals surface area contributed by atoms with Crippen LogP contribution >= 0.6 is 11.3 Å². The molecule has 4 nitrogen and oxygen atoms in total. The van der Waals surface area contributed by atoms with E-state index in [9.17, 15) is 14.1 Å². The second-order valence-electron chi connectivity index (χ2n) is 4.52. The van der Waals surface area contributed by atoms with Gasteiger partial charge < -0.3 is 10.4 Å². The molecule has 2 N–H and O–H groups in total. The van der Waals surface area contributed by atoms with Crippen LogP contribution in [-0.4, -0.2) is 33.8 Å². The Morgan fingerprint density at radius 1 is 1.40 bits per heavy atom. The average molecular weight is 311 g/mol. The minimum atomic E-state index is -0.877. The maximum atomic E-state index is 11.3. The smallest absolute Gasteiger partial charge is 0.346 e. The van der Waals surface area contributed by atoms with Crippen molar-refractivity contribution >= 4 is 38.2 Å². The Hall–Kier alpha value is -1.24. The lowest BCUT2D eigenvalue weighted by Crippen LogP contribution is -2.17. The summed E-state index contributed by atoms with van der Waals surface area (Å²) >= 11 is 1.31. The average Bonchev–Trinajstić information content (AvgIpc) is 2.77. The summed E-state index contributed by atoms with van der Waals surface area (Å²) in [5.74, 6) is -0.207. The van der Waals surface area contributed by atoms with Crippen LogP contribution < -0.4 is 5.32 Å². The molecule has 1 aromatic heterocycles. The molecule has 1 unspecified atom stereocenters. The number of carbonyl (C=O) groups is 1. The van der Waals surface area contributed by atoms with E-state index in [1.807, 2.05) is 24.3 Å². The Morgan fingerprint density at radius 2 is 2.15 bits per heavy atom. The van der Waals surface area contributed by atoms with Gasteiger partial charge in [0, 0.05) is 34.1 Å². The van der Waals surface area contributed by atoms with E-state index in [1.54, 1.807) is 6.26 Å². The Kier molecular flexibility index (Phi) is 5.28. The summed E-state index contributed by atoms with van der Waals surface area (Å²) in [6.07, 6.45) is 2.52. The van der Waals surface area contributed by atoms with E-state index in [0.29, 0.717) is 17.2 Å². The zero-order valence-electron chi connectivity index (χ0n) is 11.2. The number of benzene rings is 1. The summed E-state index contributed by atoms with van der Waals surface area (Å²) in [5.41, 5.74) is 0.843. The van der Waals surface area contributed by atoms with E-state index in [4.69, 9.17) is 0 Å². The van der Waals surface area contributed by atoms with Crippen LogP contribution in [0.3, 0.4) is 0 Å². The summed E-state index contributed by atoms with van der Waals surface area (Å²) in [4.78, 5) is 11.7. The van der Waals surface area contributed by atoms with Gasteiger partial charge in [-0.2, -0.15) is 0 Å². The molecule has 2 aromatic rings. The Bertz CT molecular complexity index is 636. The fourth-order valence-electron chi connectivity index (χ4n) is 2.06. The van der Waals surface area contributed by atoms with Gasteiger partial charge in [-0.25, -0.2) is 4.79 Å². The molecule has 1 aromatic carbocycles. The van der Waals surface area contributed by atoms with Crippen LogP contribution in [0.1, 0.15) is 21.7 Å². The van der Waals surface area contributed by atoms with Crippen LogP contribution in [0, 0.1) is 0 Å². The van der Waals surface area contributed by atoms with Gasteiger partial charge in [0.25, 0.3) is 0 Å². The van der Waals surface area contributed by atoms with Gasteiger partial charge in [-0.3, -0.25) is 4.21 Å². The zero-order valence-corrected chi connectivity index (χ0v) is 12.9. The third kappa shape index (κ3) is 3.65. The fourth-order valence-corrected chi connectivity index (χ4v) is 3.67. The number of hydrogen-bond acceptors (Lipinski definition) is 4. The van der Waals surface area contributed by atoms with Crippen LogP contribution in [0.4, 0.5) is 0 Å². The Balaban J connectivity index is 2.09. The van der Waals surface area contributed by atoms with Crippen molar-refractivity contribution in [3.63, 3.8) is 0 Å². The fraction of sp³-hybridized carbons (Fsp3) is 0.357. The molecule has 1 heterocycles. The molecular formula is C14H17NO3S2. The SMILES string of the molecule is CS(=O)CCCNCc1c(C(=O)O)sc2ccccc12. The van der Waals surface area contributed by atoms with Gasteiger partial charge >= 0.3 is 5.97 Å². The van der Waals surface area contributed by atoms with E-state index >= 15 is 0 Å². The zero-order chi connectivity index (χ0) is 14.5. The van der Waals surface area contributed by atoms with E-state index < -0.39 is 16.8 Å². The van der Waals surface area contributed by atoms with Crippen molar-refractivity contribution in [2.45, 2.75) is 13.0 Å². The first-order valence-corrected chi connectivity index (χ1v) is 8.88. The lowest BCUT2D eigenvalue weighted by atomic mass is 10.1. The maximum Gasteiger partial charge on any atom is 0.346 e. The lowest BCUT2D eigenvalue weighted by Gasteiger charge is -2.05. The van der Waals surface area contributed by atoms with Gasteiger partial charge in [0.15, 0.2) is 0 Å². The van der Waals surface area contributed by atoms with Crippen molar-refractivity contribution in [1.82, 2.24) is 5.32 Å². The highest BCUT2D eigenvalue weighted by Crippen LogP contribution is 2.31. The lowest BCUT2D eigenvalue weighted by molar-refractivity contribution is 0.0701. The largest absolute Gasteiger partial charge is 0.477 e. The first-order valence-electron chi connectivity index (χ1n) is 6.34. The molecule has 0 spiro atoms. The number of carboxylic acid groups (broad SMARTS) is 1. The van der Waals surface area contributed by atoms with Crippen LogP contribution in [-0.2, 0) is 17.3 Å². The predicted octanol–water partition coefficient (Wildman–Crippen LogP) is 2.46. The van der Waals surface area contributed by atoms with Crippen LogP contribution in [0.5, 0.6) is 0 Å². The quantitative estimate of drug-likeness (QED) is 0.771. The number of hydrogen-bond donors (Lipinski definition) is 2. The molecule has 0 saturated heterocycles. The third-order valence-electron chi connectivity index (χ3n) is 2.98. The highest BCUT2D eigenvalue weighted by atomic mass is 32.2. The van der Waals surface area contributed by atoms with Crippen molar-refractivity contribution in [1.29, 1.82) is 0 Å². The molecule has 108 valence electrons. The molecule has 0 fully saturated rings. The number of carboxylic acids is 1. The second kappa shape index (κ2) is 6.97. The van der Waals surface area contributed by atoms with Crippen molar-refractivity contribution < 1.29 is 14.1 Å². The molecule has 0 radical (unpaired) electrons. The van der Waals surface area contributed by atoms with Crippen LogP contribution in [0.15, 0.2) is 24.3 Å². The molecule has 0 amide bonds. The molecule has 2 rings (SSSR count). The second-order valence-corrected chi connectivity index (χ2v) is 7.13. The van der Waals surface area contributed by atoms with E-state index in [-0.39, 0.29) is 0 Å². The molecule has 20 heavy (non-hydrogen) atoms. The van der Waals surface area contributed by atoms with Crippen LogP contribution in [0.25, 0.3) is 10.1 Å². The number of fused-ring (bicyclic) bond motifs is 1. The van der Waals surface area contributed by atoms with E-state index in [2.05, 4.69) is 5.32 Å². The summed E-state index contributed by atoms with van der Waals surface area (Å²) in [6.45, 7) is 1.27. The topological polar surface area (TPSA) is 66.4 Å². The van der Waals surface area contributed by atoms with E-state index in [0.717, 1.165) is 28.6 Å². The molecule has 0 aliphatic heterocycles. The highest BCUT2D eigenvalue weighted by molar-refractivity contribution is 7.84. The van der Waals surface area contributed by atoms with Crippen molar-refractivity contribution in [2.75, 3.05) is 18.6 Å². The predicted molar refractivity (Wildman–Crippen MR) is 84.0 cm³/mol. The Labute approximate surface area is 124 Å². The minimum absolute atomic E-state index is 0.401. The maximum absolute atomic E-state index is 11.3. The number of rotatable bonds is 7. The van der Waals surface area contributed by atoms with Crippen LogP contribution in [0.2, 0.25) is 0 Å². The molecule has 1 atom stereocenters. The molecule has 6 heteroatoms. The van der Waals surface area contributed by atoms with Crippen molar-refractivity contribution in [2.24, 2.45) is 0 Å². The van der Waals surface area contributed by atoms with Crippen molar-refractivity contribution in [3.8, 4) is 0 Å². The standard InChI is InChI=1S/C14H17NO3S2/c1-20(18)8-4-7-15-9-11-10-5-2-3-6-12(10)19-13(11)14(16)17/h2-3,5-6,15H,4,7-9H2,1H3,(H,16,17). The summed E-state index contributed by atoms with van der Waals surface area (Å²) in [5, 5.41) is 13.5. The normalized spacial score (nSPS) is 12.7. The molecule has 0 aliphatic carbocycles. The molecule has 0 aliphatic rings. The Morgan fingerprint density at radius 3 is 2.85 bits per heavy atom. The summed E-state index contributed by atoms with van der Waals surface area (Å²) < 4.78 is 12.0. The highest BCUT2D eigenvalue weighted by Gasteiger charge is 2.16.